The molecule has 0 radical (unpaired) electrons. The molecule has 1 saturated heterocycles. The minimum Gasteiger partial charge on any atom is -0.504 e. The largest absolute Gasteiger partial charge is 0.504 e. The minimum atomic E-state index is -0.342. The summed E-state index contributed by atoms with van der Waals surface area (Å²) in [6.45, 7) is 0.803. The number of phenols is 1. The van der Waals surface area contributed by atoms with Gasteiger partial charge in [0.2, 0.25) is 11.8 Å². The Morgan fingerprint density at radius 3 is 2.69 bits per heavy atom. The van der Waals surface area contributed by atoms with E-state index in [0.29, 0.717) is 37.4 Å². The third-order valence-electron chi connectivity index (χ3n) is 6.52. The number of likely N-dealkylation sites (tertiary alicyclic amines) is 1. The van der Waals surface area contributed by atoms with E-state index in [1.165, 1.54) is 7.11 Å². The molecule has 2 amide bonds. The van der Waals surface area contributed by atoms with Gasteiger partial charge in [0, 0.05) is 38.3 Å². The number of esters is 1. The molecule has 2 atom stereocenters. The van der Waals surface area contributed by atoms with Crippen LogP contribution in [0.25, 0.3) is 0 Å². The third kappa shape index (κ3) is 5.67. The molecule has 0 aliphatic carbocycles. The quantitative estimate of drug-likeness (QED) is 0.630. The van der Waals surface area contributed by atoms with Gasteiger partial charge in [0.25, 0.3) is 0 Å². The van der Waals surface area contributed by atoms with Crippen LogP contribution >= 0.6 is 0 Å². The molecule has 1 fully saturated rings. The lowest BCUT2D eigenvalue weighted by Crippen LogP contribution is -2.40. The standard InChI is InChI=1S/C26H30N2O7/c1-33-21-10-8-17-13-23(21)35-22-12-16(6-9-20(22)29)7-11-24(30)27-19-15-28(14-18(17)19)25(31)4-3-5-26(32)34-2/h6,8-10,12-13,18-19,29H,3-5,7,11,14-15H2,1-2H3,(H,27,30)/t18-,19+/m0/s1. The second-order valence-corrected chi connectivity index (χ2v) is 8.82. The zero-order chi connectivity index (χ0) is 24.9. The molecule has 2 aliphatic rings. The van der Waals surface area contributed by atoms with E-state index in [9.17, 15) is 19.5 Å². The fourth-order valence-electron chi connectivity index (χ4n) is 4.59. The lowest BCUT2D eigenvalue weighted by atomic mass is 9.93. The molecular formula is C26H30N2O7. The number of amides is 2. The fourth-order valence-corrected chi connectivity index (χ4v) is 4.59. The van der Waals surface area contributed by atoms with E-state index >= 15 is 0 Å². The van der Waals surface area contributed by atoms with E-state index in [2.05, 4.69) is 10.1 Å². The number of carbonyl (C=O) groups is 3. The maximum atomic E-state index is 12.9. The maximum absolute atomic E-state index is 12.9. The Balaban J connectivity index is 1.62. The van der Waals surface area contributed by atoms with E-state index < -0.39 is 0 Å². The number of benzene rings is 2. The molecule has 2 aliphatic heterocycles. The summed E-state index contributed by atoms with van der Waals surface area (Å²) >= 11 is 0. The molecule has 186 valence electrons. The van der Waals surface area contributed by atoms with Gasteiger partial charge in [-0.3, -0.25) is 14.4 Å². The SMILES string of the molecule is COC(=O)CCCC(=O)N1C[C@H]2NC(=O)CCc3ccc(O)c(c3)Oc3cc(ccc3OC)[C@@H]2C1. The first-order chi connectivity index (χ1) is 16.9. The molecule has 0 unspecified atom stereocenters. The van der Waals surface area contributed by atoms with Crippen LogP contribution in [0, 0.1) is 0 Å². The highest BCUT2D eigenvalue weighted by molar-refractivity contribution is 5.79. The second kappa shape index (κ2) is 10.7. The van der Waals surface area contributed by atoms with Crippen LogP contribution in [0.2, 0.25) is 0 Å². The molecule has 0 spiro atoms. The number of nitrogens with one attached hydrogen (secondary N) is 1. The molecule has 9 heteroatoms. The van der Waals surface area contributed by atoms with Crippen molar-refractivity contribution in [3.05, 3.63) is 47.5 Å². The first-order valence-corrected chi connectivity index (χ1v) is 11.7. The molecule has 2 heterocycles. The van der Waals surface area contributed by atoms with Crippen LogP contribution in [0.4, 0.5) is 0 Å². The summed E-state index contributed by atoms with van der Waals surface area (Å²) in [5, 5.41) is 13.4. The topological polar surface area (TPSA) is 114 Å². The highest BCUT2D eigenvalue weighted by atomic mass is 16.5. The fraction of sp³-hybridized carbons (Fsp3) is 0.423. The Morgan fingerprint density at radius 2 is 1.91 bits per heavy atom. The number of aryl methyl sites for hydroxylation is 1. The summed E-state index contributed by atoms with van der Waals surface area (Å²) in [5.74, 6) is 0.531. The number of ether oxygens (including phenoxy) is 3. The van der Waals surface area contributed by atoms with Crippen molar-refractivity contribution in [2.45, 2.75) is 44.1 Å². The minimum absolute atomic E-state index is 0.0111. The molecule has 2 aromatic rings. The van der Waals surface area contributed by atoms with Crippen LogP contribution in [0.15, 0.2) is 36.4 Å². The van der Waals surface area contributed by atoms with E-state index in [0.717, 1.165) is 11.1 Å². The average Bonchev–Trinajstić information content (AvgIpc) is 3.27. The molecule has 35 heavy (non-hydrogen) atoms. The molecule has 0 aromatic heterocycles. The van der Waals surface area contributed by atoms with Gasteiger partial charge in [0.15, 0.2) is 23.0 Å². The number of hydrogen-bond acceptors (Lipinski definition) is 7. The van der Waals surface area contributed by atoms with Crippen molar-refractivity contribution in [2.24, 2.45) is 0 Å². The van der Waals surface area contributed by atoms with Crippen molar-refractivity contribution >= 4 is 17.8 Å². The first-order valence-electron chi connectivity index (χ1n) is 11.7. The smallest absolute Gasteiger partial charge is 0.305 e. The summed E-state index contributed by atoms with van der Waals surface area (Å²) < 4.78 is 16.2. The van der Waals surface area contributed by atoms with Gasteiger partial charge in [0.05, 0.1) is 20.3 Å². The molecule has 2 aromatic carbocycles. The van der Waals surface area contributed by atoms with Crippen molar-refractivity contribution < 1.29 is 33.7 Å². The van der Waals surface area contributed by atoms with Gasteiger partial charge in [-0.2, -0.15) is 0 Å². The van der Waals surface area contributed by atoms with Crippen LogP contribution in [-0.4, -0.2) is 61.1 Å². The highest BCUT2D eigenvalue weighted by Gasteiger charge is 2.37. The predicted molar refractivity (Wildman–Crippen MR) is 127 cm³/mol. The zero-order valence-electron chi connectivity index (χ0n) is 19.9. The summed E-state index contributed by atoms with van der Waals surface area (Å²) in [4.78, 5) is 38.8. The van der Waals surface area contributed by atoms with Gasteiger partial charge in [0.1, 0.15) is 0 Å². The Morgan fingerprint density at radius 1 is 1.09 bits per heavy atom. The van der Waals surface area contributed by atoms with Crippen molar-refractivity contribution in [3.8, 4) is 23.0 Å². The van der Waals surface area contributed by atoms with Crippen LogP contribution in [0.1, 0.15) is 42.7 Å². The Kier molecular flexibility index (Phi) is 7.43. The van der Waals surface area contributed by atoms with Gasteiger partial charge in [-0.05, 0) is 48.2 Å². The lowest BCUT2D eigenvalue weighted by molar-refractivity contribution is -0.141. The number of hydrogen-bond donors (Lipinski definition) is 2. The summed E-state index contributed by atoms with van der Waals surface area (Å²) in [6.07, 6.45) is 1.57. The molecule has 4 bridgehead atoms. The van der Waals surface area contributed by atoms with Gasteiger partial charge >= 0.3 is 5.97 Å². The van der Waals surface area contributed by atoms with Gasteiger partial charge in [-0.15, -0.1) is 0 Å². The number of nitrogens with zero attached hydrogens (tertiary/aromatic N) is 1. The molecule has 4 rings (SSSR count). The number of methoxy groups -OCH3 is 2. The maximum Gasteiger partial charge on any atom is 0.305 e. The molecule has 0 saturated carbocycles. The van der Waals surface area contributed by atoms with Gasteiger partial charge in [-0.25, -0.2) is 0 Å². The lowest BCUT2D eigenvalue weighted by Gasteiger charge is -2.21. The number of fused-ring (bicyclic) bond motifs is 6. The van der Waals surface area contributed by atoms with Crippen molar-refractivity contribution in [2.75, 3.05) is 27.3 Å². The zero-order valence-corrected chi connectivity index (χ0v) is 19.9. The number of carbonyl (C=O) groups excluding carboxylic acids is 3. The van der Waals surface area contributed by atoms with E-state index in [-0.39, 0.29) is 60.5 Å². The number of rotatable bonds is 5. The Hall–Kier alpha value is -3.75. The number of aromatic hydroxyl groups is 1. The highest BCUT2D eigenvalue weighted by Crippen LogP contribution is 2.40. The predicted octanol–water partition coefficient (Wildman–Crippen LogP) is 2.89. The summed E-state index contributed by atoms with van der Waals surface area (Å²) in [5.41, 5.74) is 1.73. The Labute approximate surface area is 204 Å². The van der Waals surface area contributed by atoms with E-state index in [4.69, 9.17) is 9.47 Å². The van der Waals surface area contributed by atoms with Crippen molar-refractivity contribution in [3.63, 3.8) is 0 Å². The van der Waals surface area contributed by atoms with Gasteiger partial charge < -0.3 is 29.5 Å². The van der Waals surface area contributed by atoms with Crippen LogP contribution in [0.5, 0.6) is 23.0 Å². The van der Waals surface area contributed by atoms with Crippen LogP contribution in [0.3, 0.4) is 0 Å². The first kappa shape index (κ1) is 24.4. The summed E-state index contributed by atoms with van der Waals surface area (Å²) in [7, 11) is 2.87. The molecule has 9 nitrogen and oxygen atoms in total. The van der Waals surface area contributed by atoms with Crippen molar-refractivity contribution in [1.29, 1.82) is 0 Å². The van der Waals surface area contributed by atoms with E-state index in [1.54, 1.807) is 36.3 Å². The number of phenolic OH excluding ortho intramolecular Hbond substituents is 1. The van der Waals surface area contributed by atoms with Crippen LogP contribution in [-0.2, 0) is 25.5 Å². The summed E-state index contributed by atoms with van der Waals surface area (Å²) in [6, 6.07) is 10.3. The van der Waals surface area contributed by atoms with Crippen LogP contribution < -0.4 is 14.8 Å². The Bertz CT molecular complexity index is 1120. The van der Waals surface area contributed by atoms with Gasteiger partial charge in [-0.1, -0.05) is 12.1 Å². The normalized spacial score (nSPS) is 19.3. The average molecular weight is 483 g/mol. The monoisotopic (exact) mass is 482 g/mol. The van der Waals surface area contributed by atoms with E-state index in [1.807, 2.05) is 12.1 Å². The molecular weight excluding hydrogens is 452 g/mol. The second-order valence-electron chi connectivity index (χ2n) is 8.82. The molecule has 2 N–H and O–H groups in total. The van der Waals surface area contributed by atoms with Crippen molar-refractivity contribution in [1.82, 2.24) is 10.2 Å². The third-order valence-corrected chi connectivity index (χ3v) is 6.52.